The molecule has 0 radical (unpaired) electrons. The van der Waals surface area contributed by atoms with Gasteiger partial charge < -0.3 is 16.6 Å². The summed E-state index contributed by atoms with van der Waals surface area (Å²) < 4.78 is 0. The smallest absolute Gasteiger partial charge is 0.320 e. The van der Waals surface area contributed by atoms with Gasteiger partial charge in [0.25, 0.3) is 0 Å². The highest BCUT2D eigenvalue weighted by Crippen LogP contribution is 2.65. The van der Waals surface area contributed by atoms with Crippen molar-refractivity contribution in [3.05, 3.63) is 60.2 Å². The fraction of sp³-hybridized carbons (Fsp3) is 0.594. The normalized spacial score (nSPS) is 28.7. The van der Waals surface area contributed by atoms with Crippen molar-refractivity contribution in [2.75, 3.05) is 6.54 Å². The zero-order valence-electron chi connectivity index (χ0n) is 22.9. The van der Waals surface area contributed by atoms with Gasteiger partial charge in [0.2, 0.25) is 0 Å². The topological polar surface area (TPSA) is 89.3 Å². The molecule has 2 bridgehead atoms. The molecule has 0 aliphatic heterocycles. The molecule has 2 aromatic carbocycles. The molecule has 0 saturated heterocycles. The number of aliphatic carboxylic acids is 1. The van der Waals surface area contributed by atoms with Gasteiger partial charge in [-0.05, 0) is 102 Å². The van der Waals surface area contributed by atoms with Crippen LogP contribution in [0.15, 0.2) is 49.1 Å². The number of nitrogens with two attached hydrogens (primary N) is 2. The first-order valence-electron chi connectivity index (χ1n) is 13.9. The van der Waals surface area contributed by atoms with Gasteiger partial charge in [-0.15, -0.1) is 6.58 Å². The maximum absolute atomic E-state index is 10.1. The third-order valence-corrected chi connectivity index (χ3v) is 9.63. The van der Waals surface area contributed by atoms with Crippen LogP contribution >= 0.6 is 0 Å². The van der Waals surface area contributed by atoms with Gasteiger partial charge in [-0.25, -0.2) is 0 Å². The van der Waals surface area contributed by atoms with Crippen LogP contribution in [0, 0.1) is 22.7 Å². The summed E-state index contributed by atoms with van der Waals surface area (Å²) in [5, 5.41) is 11.2. The van der Waals surface area contributed by atoms with E-state index in [4.69, 9.17) is 16.6 Å². The average Bonchev–Trinajstić information content (AvgIpc) is 2.87. The predicted octanol–water partition coefficient (Wildman–Crippen LogP) is 7.05. The Morgan fingerprint density at radius 1 is 1.25 bits per heavy atom. The molecule has 0 spiro atoms. The van der Waals surface area contributed by atoms with Crippen LogP contribution in [0.1, 0.15) is 89.7 Å². The van der Waals surface area contributed by atoms with Gasteiger partial charge in [0.1, 0.15) is 6.04 Å². The number of allylic oxidation sites excluding steroid dienone is 1. The third-order valence-electron chi connectivity index (χ3n) is 9.63. The summed E-state index contributed by atoms with van der Waals surface area (Å²) in [7, 11) is 0. The molecule has 3 fully saturated rings. The summed E-state index contributed by atoms with van der Waals surface area (Å²) in [5.41, 5.74) is 14.3. The number of carbonyl (C=O) groups is 1. The fourth-order valence-electron chi connectivity index (χ4n) is 7.05. The second-order valence-corrected chi connectivity index (χ2v) is 11.9. The molecule has 3 saturated carbocycles. The van der Waals surface area contributed by atoms with Crippen molar-refractivity contribution >= 4 is 16.7 Å². The number of benzene rings is 2. The van der Waals surface area contributed by atoms with Crippen molar-refractivity contribution in [3.8, 4) is 0 Å². The second kappa shape index (κ2) is 11.9. The minimum atomic E-state index is -0.933. The molecule has 0 heterocycles. The van der Waals surface area contributed by atoms with E-state index in [1.807, 2.05) is 0 Å². The standard InChI is InChI=1S/C26H34.C6H14N2O2/c1-6-19-11-12-20-9-8-10-23(24(20)15-19)18(3)26(5)17-25(4)14-13-22(26)16-21(25)7-2;7-4-2-1-3-5(8)6(9)10/h7-12,15,18,21-22H,2,6,13-14,16-17H2,1,3-5H3;5H,1-4,7-8H2,(H,9,10)/t18-,21+,22?,25-,26+;5-/m00/s1. The Morgan fingerprint density at radius 2 is 2.00 bits per heavy atom. The summed E-state index contributed by atoms with van der Waals surface area (Å²) in [6, 6.07) is 13.3. The molecule has 1 unspecified atom stereocenters. The fourth-order valence-corrected chi connectivity index (χ4v) is 7.05. The first-order valence-corrected chi connectivity index (χ1v) is 13.9. The molecule has 5 rings (SSSR count). The van der Waals surface area contributed by atoms with E-state index in [0.29, 0.717) is 35.6 Å². The summed E-state index contributed by atoms with van der Waals surface area (Å²) >= 11 is 0. The first-order chi connectivity index (χ1) is 17.1. The number of aryl methyl sites for hydroxylation is 1. The van der Waals surface area contributed by atoms with Gasteiger partial charge in [0.05, 0.1) is 0 Å². The SMILES string of the molecule is C=C[C@@H]1CC2CC[C@@]1(C)C[C@]2(C)[C@@H](C)c1cccc2ccc(CC)cc12.NCCCC[C@H](N)C(=O)O. The van der Waals surface area contributed by atoms with Gasteiger partial charge >= 0.3 is 5.97 Å². The molecule has 3 aliphatic rings. The molecular weight excluding hydrogens is 444 g/mol. The molecule has 3 aliphatic carbocycles. The van der Waals surface area contributed by atoms with E-state index in [1.165, 1.54) is 42.0 Å². The lowest BCUT2D eigenvalue weighted by molar-refractivity contribution is -0.138. The molecule has 0 amide bonds. The van der Waals surface area contributed by atoms with Gasteiger partial charge in [-0.1, -0.05) is 76.6 Å². The monoisotopic (exact) mass is 492 g/mol. The average molecular weight is 493 g/mol. The largest absolute Gasteiger partial charge is 0.480 e. The van der Waals surface area contributed by atoms with E-state index in [-0.39, 0.29) is 0 Å². The molecular formula is C32H48N2O2. The van der Waals surface area contributed by atoms with E-state index in [1.54, 1.807) is 5.56 Å². The van der Waals surface area contributed by atoms with Crippen molar-refractivity contribution in [2.45, 2.75) is 91.0 Å². The van der Waals surface area contributed by atoms with E-state index in [2.05, 4.69) is 76.7 Å². The Bertz CT molecular complexity index is 1050. The minimum Gasteiger partial charge on any atom is -0.480 e. The van der Waals surface area contributed by atoms with Crippen LogP contribution in [-0.4, -0.2) is 23.7 Å². The van der Waals surface area contributed by atoms with Gasteiger partial charge in [-0.3, -0.25) is 4.79 Å². The van der Waals surface area contributed by atoms with E-state index in [9.17, 15) is 4.79 Å². The third kappa shape index (κ3) is 5.86. The summed E-state index contributed by atoms with van der Waals surface area (Å²) in [6.07, 6.45) is 11.0. The number of unbranched alkanes of at least 4 members (excludes halogenated alkanes) is 1. The van der Waals surface area contributed by atoms with Crippen LogP contribution in [0.4, 0.5) is 0 Å². The molecule has 5 N–H and O–H groups in total. The van der Waals surface area contributed by atoms with Gasteiger partial charge in [-0.2, -0.15) is 0 Å². The first kappa shape index (κ1) is 28.4. The van der Waals surface area contributed by atoms with Crippen molar-refractivity contribution in [1.82, 2.24) is 0 Å². The van der Waals surface area contributed by atoms with Crippen molar-refractivity contribution in [3.63, 3.8) is 0 Å². The zero-order valence-corrected chi connectivity index (χ0v) is 22.9. The minimum absolute atomic E-state index is 0.392. The summed E-state index contributed by atoms with van der Waals surface area (Å²) in [5.74, 6) is 1.19. The second-order valence-electron chi connectivity index (χ2n) is 11.9. The highest BCUT2D eigenvalue weighted by molar-refractivity contribution is 5.87. The van der Waals surface area contributed by atoms with Crippen molar-refractivity contribution in [2.24, 2.45) is 34.1 Å². The lowest BCUT2D eigenvalue weighted by atomic mass is 9.44. The van der Waals surface area contributed by atoms with Gasteiger partial charge in [0, 0.05) is 0 Å². The quantitative estimate of drug-likeness (QED) is 0.258. The highest BCUT2D eigenvalue weighted by Gasteiger charge is 2.55. The lowest BCUT2D eigenvalue weighted by Gasteiger charge is -2.61. The number of rotatable bonds is 9. The molecule has 6 atom stereocenters. The Kier molecular flexibility index (Phi) is 9.40. The highest BCUT2D eigenvalue weighted by atomic mass is 16.4. The van der Waals surface area contributed by atoms with Crippen LogP contribution in [0.25, 0.3) is 10.8 Å². The lowest BCUT2D eigenvalue weighted by Crippen LogP contribution is -2.51. The van der Waals surface area contributed by atoms with Gasteiger partial charge in [0.15, 0.2) is 0 Å². The van der Waals surface area contributed by atoms with Crippen LogP contribution in [0.5, 0.6) is 0 Å². The molecule has 0 aromatic heterocycles. The molecule has 2 aromatic rings. The number of hydrogen-bond donors (Lipinski definition) is 3. The predicted molar refractivity (Wildman–Crippen MR) is 152 cm³/mol. The Balaban J connectivity index is 0.000000308. The number of hydrogen-bond acceptors (Lipinski definition) is 3. The molecule has 36 heavy (non-hydrogen) atoms. The maximum atomic E-state index is 10.1. The molecule has 198 valence electrons. The maximum Gasteiger partial charge on any atom is 0.320 e. The van der Waals surface area contributed by atoms with Crippen LogP contribution in [-0.2, 0) is 11.2 Å². The Morgan fingerprint density at radius 3 is 2.61 bits per heavy atom. The van der Waals surface area contributed by atoms with E-state index >= 15 is 0 Å². The number of carboxylic acids is 1. The number of carboxylic acid groups (broad SMARTS) is 1. The molecule has 4 heteroatoms. The Hall–Kier alpha value is -2.17. The van der Waals surface area contributed by atoms with Crippen LogP contribution in [0.2, 0.25) is 0 Å². The van der Waals surface area contributed by atoms with Crippen molar-refractivity contribution < 1.29 is 9.90 Å². The summed E-state index contributed by atoms with van der Waals surface area (Å²) in [6.45, 7) is 14.6. The molecule has 4 nitrogen and oxygen atoms in total. The van der Waals surface area contributed by atoms with Crippen LogP contribution in [0.3, 0.4) is 0 Å². The van der Waals surface area contributed by atoms with E-state index in [0.717, 1.165) is 25.2 Å². The van der Waals surface area contributed by atoms with Crippen LogP contribution < -0.4 is 11.5 Å². The Labute approximate surface area is 218 Å². The summed E-state index contributed by atoms with van der Waals surface area (Å²) in [4.78, 5) is 10.1. The van der Waals surface area contributed by atoms with E-state index < -0.39 is 12.0 Å². The van der Waals surface area contributed by atoms with Crippen molar-refractivity contribution in [1.29, 1.82) is 0 Å². The number of fused-ring (bicyclic) bond motifs is 4. The zero-order chi connectivity index (χ0) is 26.5.